The summed E-state index contributed by atoms with van der Waals surface area (Å²) in [5.74, 6) is 2.07. The standard InChI is InChI=1S/C17H18N4O2/c1-11-12(2)19-20-17(14(11)8-18)21(3)9-13-10-22-15-6-4-5-7-16(15)23-13/h4-7,13H,9-10H2,1-3H3/t13-/m0/s1. The highest BCUT2D eigenvalue weighted by atomic mass is 16.6. The maximum atomic E-state index is 9.41. The molecule has 0 radical (unpaired) electrons. The summed E-state index contributed by atoms with van der Waals surface area (Å²) in [7, 11) is 1.88. The largest absolute Gasteiger partial charge is 0.486 e. The van der Waals surface area contributed by atoms with Gasteiger partial charge in [-0.2, -0.15) is 10.4 Å². The summed E-state index contributed by atoms with van der Waals surface area (Å²) < 4.78 is 11.7. The molecule has 6 heteroatoms. The Balaban J connectivity index is 1.77. The second kappa shape index (κ2) is 6.13. The van der Waals surface area contributed by atoms with E-state index in [1.165, 1.54) is 0 Å². The summed E-state index contributed by atoms with van der Waals surface area (Å²) in [6.07, 6.45) is -0.134. The van der Waals surface area contributed by atoms with E-state index in [-0.39, 0.29) is 6.10 Å². The van der Waals surface area contributed by atoms with Crippen LogP contribution in [0.5, 0.6) is 11.5 Å². The number of rotatable bonds is 3. The van der Waals surface area contributed by atoms with Crippen molar-refractivity contribution >= 4 is 5.82 Å². The van der Waals surface area contributed by atoms with Crippen LogP contribution in [0, 0.1) is 25.2 Å². The molecule has 0 N–H and O–H groups in total. The summed E-state index contributed by atoms with van der Waals surface area (Å²) in [4.78, 5) is 1.89. The number of hydrogen-bond acceptors (Lipinski definition) is 6. The third kappa shape index (κ3) is 2.90. The fraction of sp³-hybridized carbons (Fsp3) is 0.353. The molecule has 1 aliphatic heterocycles. The molecule has 1 aromatic carbocycles. The molecule has 0 amide bonds. The van der Waals surface area contributed by atoms with E-state index in [9.17, 15) is 5.26 Å². The van der Waals surface area contributed by atoms with Gasteiger partial charge in [-0.05, 0) is 31.5 Å². The third-order valence-corrected chi connectivity index (χ3v) is 3.95. The number of likely N-dealkylation sites (N-methyl/N-ethyl adjacent to an activating group) is 1. The van der Waals surface area contributed by atoms with Gasteiger partial charge >= 0.3 is 0 Å². The molecule has 1 aliphatic rings. The summed E-state index contributed by atoms with van der Waals surface area (Å²) in [6.45, 7) is 4.75. The lowest BCUT2D eigenvalue weighted by Crippen LogP contribution is -2.40. The van der Waals surface area contributed by atoms with Gasteiger partial charge in [-0.25, -0.2) is 0 Å². The average Bonchev–Trinajstić information content (AvgIpc) is 2.57. The van der Waals surface area contributed by atoms with Gasteiger partial charge in [0.15, 0.2) is 23.4 Å². The topological polar surface area (TPSA) is 71.3 Å². The number of aryl methyl sites for hydroxylation is 1. The molecule has 6 nitrogen and oxygen atoms in total. The molecule has 0 fully saturated rings. The summed E-state index contributed by atoms with van der Waals surface area (Å²) in [5.41, 5.74) is 2.18. The van der Waals surface area contributed by atoms with Crippen LogP contribution in [0.1, 0.15) is 16.8 Å². The van der Waals surface area contributed by atoms with Crippen LogP contribution in [0.2, 0.25) is 0 Å². The minimum atomic E-state index is -0.134. The van der Waals surface area contributed by atoms with Crippen molar-refractivity contribution < 1.29 is 9.47 Å². The molecule has 0 saturated carbocycles. The predicted molar refractivity (Wildman–Crippen MR) is 85.8 cm³/mol. The van der Waals surface area contributed by atoms with Gasteiger partial charge in [0.1, 0.15) is 18.2 Å². The molecule has 0 spiro atoms. The predicted octanol–water partition coefficient (Wildman–Crippen LogP) is 2.24. The number of benzene rings is 1. The lowest BCUT2D eigenvalue weighted by molar-refractivity contribution is 0.0959. The number of nitriles is 1. The summed E-state index contributed by atoms with van der Waals surface area (Å²) in [6, 6.07) is 9.82. The molecule has 1 aromatic heterocycles. The highest BCUT2D eigenvalue weighted by Gasteiger charge is 2.24. The highest BCUT2D eigenvalue weighted by Crippen LogP contribution is 2.31. The Bertz CT molecular complexity index is 770. The Hall–Kier alpha value is -2.81. The molecule has 0 bridgehead atoms. The smallest absolute Gasteiger partial charge is 0.169 e. The first-order valence-corrected chi connectivity index (χ1v) is 7.43. The van der Waals surface area contributed by atoms with Crippen LogP contribution >= 0.6 is 0 Å². The number of anilines is 1. The zero-order valence-corrected chi connectivity index (χ0v) is 13.4. The van der Waals surface area contributed by atoms with Crippen LogP contribution in [-0.2, 0) is 0 Å². The number of nitrogens with zero attached hydrogens (tertiary/aromatic N) is 4. The van der Waals surface area contributed by atoms with Gasteiger partial charge in [0.25, 0.3) is 0 Å². The van der Waals surface area contributed by atoms with E-state index in [0.717, 1.165) is 22.8 Å². The lowest BCUT2D eigenvalue weighted by Gasteiger charge is -2.30. The van der Waals surface area contributed by atoms with E-state index < -0.39 is 0 Å². The Labute approximate surface area is 135 Å². The quantitative estimate of drug-likeness (QED) is 0.866. The lowest BCUT2D eigenvalue weighted by atomic mass is 10.1. The number of para-hydroxylation sites is 2. The van der Waals surface area contributed by atoms with Crippen LogP contribution < -0.4 is 14.4 Å². The molecule has 2 aromatic rings. The molecule has 2 heterocycles. The molecule has 1 atom stereocenters. The van der Waals surface area contributed by atoms with Gasteiger partial charge in [-0.15, -0.1) is 5.10 Å². The van der Waals surface area contributed by atoms with Gasteiger partial charge in [0.05, 0.1) is 12.2 Å². The SMILES string of the molecule is Cc1nnc(N(C)C[C@H]2COc3ccccc3O2)c(C#N)c1C. The monoisotopic (exact) mass is 310 g/mol. The molecule has 0 aliphatic carbocycles. The average molecular weight is 310 g/mol. The van der Waals surface area contributed by atoms with Gasteiger partial charge in [0.2, 0.25) is 0 Å². The van der Waals surface area contributed by atoms with E-state index >= 15 is 0 Å². The molecule has 118 valence electrons. The van der Waals surface area contributed by atoms with E-state index in [1.54, 1.807) is 0 Å². The first-order chi connectivity index (χ1) is 11.1. The van der Waals surface area contributed by atoms with Crippen molar-refractivity contribution in [2.75, 3.05) is 25.1 Å². The van der Waals surface area contributed by atoms with Crippen molar-refractivity contribution in [3.05, 3.63) is 41.1 Å². The Kier molecular flexibility index (Phi) is 4.02. The first kappa shape index (κ1) is 15.1. The molecule has 0 unspecified atom stereocenters. The minimum Gasteiger partial charge on any atom is -0.486 e. The van der Waals surface area contributed by atoms with Gasteiger partial charge in [0, 0.05) is 7.05 Å². The Morgan fingerprint density at radius 3 is 2.74 bits per heavy atom. The first-order valence-electron chi connectivity index (χ1n) is 7.43. The Morgan fingerprint density at radius 1 is 1.26 bits per heavy atom. The fourth-order valence-corrected chi connectivity index (χ4v) is 2.54. The van der Waals surface area contributed by atoms with E-state index in [1.807, 2.05) is 50.1 Å². The third-order valence-electron chi connectivity index (χ3n) is 3.95. The van der Waals surface area contributed by atoms with Crippen LogP contribution in [0.4, 0.5) is 5.82 Å². The van der Waals surface area contributed by atoms with Crippen molar-refractivity contribution in [1.29, 1.82) is 5.26 Å². The number of ether oxygens (including phenoxy) is 2. The van der Waals surface area contributed by atoms with Crippen LogP contribution in [0.25, 0.3) is 0 Å². The number of aromatic nitrogens is 2. The highest BCUT2D eigenvalue weighted by molar-refractivity contribution is 5.57. The number of hydrogen-bond donors (Lipinski definition) is 0. The summed E-state index contributed by atoms with van der Waals surface area (Å²) in [5, 5.41) is 17.7. The fourth-order valence-electron chi connectivity index (χ4n) is 2.54. The van der Waals surface area contributed by atoms with Gasteiger partial charge in [-0.1, -0.05) is 12.1 Å². The normalized spacial score (nSPS) is 15.8. The van der Waals surface area contributed by atoms with Crippen molar-refractivity contribution in [1.82, 2.24) is 10.2 Å². The molecule has 3 rings (SSSR count). The molecule has 23 heavy (non-hydrogen) atoms. The zero-order valence-electron chi connectivity index (χ0n) is 13.4. The van der Waals surface area contributed by atoms with Crippen molar-refractivity contribution in [3.63, 3.8) is 0 Å². The Morgan fingerprint density at radius 2 is 2.00 bits per heavy atom. The molecule has 0 saturated heterocycles. The van der Waals surface area contributed by atoms with Crippen LogP contribution in [-0.4, -0.2) is 36.5 Å². The van der Waals surface area contributed by atoms with Crippen molar-refractivity contribution in [2.24, 2.45) is 0 Å². The summed E-state index contributed by atoms with van der Waals surface area (Å²) >= 11 is 0. The maximum Gasteiger partial charge on any atom is 0.169 e. The number of fused-ring (bicyclic) bond motifs is 1. The van der Waals surface area contributed by atoms with E-state index in [4.69, 9.17) is 9.47 Å². The molecular formula is C17H18N4O2. The minimum absolute atomic E-state index is 0.134. The van der Waals surface area contributed by atoms with Crippen molar-refractivity contribution in [2.45, 2.75) is 20.0 Å². The van der Waals surface area contributed by atoms with Gasteiger partial charge < -0.3 is 14.4 Å². The second-order valence-electron chi connectivity index (χ2n) is 5.60. The van der Waals surface area contributed by atoms with E-state index in [0.29, 0.717) is 24.5 Å². The maximum absolute atomic E-state index is 9.41. The van der Waals surface area contributed by atoms with Crippen LogP contribution in [0.3, 0.4) is 0 Å². The second-order valence-corrected chi connectivity index (χ2v) is 5.60. The van der Waals surface area contributed by atoms with Crippen molar-refractivity contribution in [3.8, 4) is 17.6 Å². The van der Waals surface area contributed by atoms with Crippen LogP contribution in [0.15, 0.2) is 24.3 Å². The van der Waals surface area contributed by atoms with E-state index in [2.05, 4.69) is 16.3 Å². The molecular weight excluding hydrogens is 292 g/mol. The zero-order chi connectivity index (χ0) is 16.4. The van der Waals surface area contributed by atoms with Gasteiger partial charge in [-0.3, -0.25) is 0 Å².